The summed E-state index contributed by atoms with van der Waals surface area (Å²) in [5, 5.41) is 3.75. The van der Waals surface area contributed by atoms with Crippen LogP contribution in [0.3, 0.4) is 0 Å². The van der Waals surface area contributed by atoms with Crippen molar-refractivity contribution >= 4 is 35.0 Å². The summed E-state index contributed by atoms with van der Waals surface area (Å²) in [7, 11) is 1.68. The van der Waals surface area contributed by atoms with Crippen molar-refractivity contribution in [3.05, 3.63) is 60.7 Å². The Morgan fingerprint density at radius 1 is 1.04 bits per heavy atom. The monoisotopic (exact) mass is 397 g/mol. The van der Waals surface area contributed by atoms with Crippen LogP contribution in [0, 0.1) is 0 Å². The molecule has 0 atom stereocenters. The average molecular weight is 398 g/mol. The lowest BCUT2D eigenvalue weighted by Gasteiger charge is -2.07. The van der Waals surface area contributed by atoms with Gasteiger partial charge < -0.3 is 10.3 Å². The number of imidazole rings is 1. The van der Waals surface area contributed by atoms with E-state index in [4.69, 9.17) is 17.2 Å². The Hall–Kier alpha value is -2.84. The number of H-pyrrole nitrogens is 1. The summed E-state index contributed by atoms with van der Waals surface area (Å²) >= 11 is 6.25. The van der Waals surface area contributed by atoms with Gasteiger partial charge in [-0.25, -0.2) is 4.98 Å². The fourth-order valence-electron chi connectivity index (χ4n) is 2.40. The third kappa shape index (κ3) is 5.08. The zero-order chi connectivity index (χ0) is 19.1. The molecule has 0 saturated carbocycles. The number of aromatic amines is 1. The molecule has 1 amide bonds. The SMILES string of the molecule is CNC(=S)NNC(=O)CSc1nc(-c2ccccc2)c(-c2ccccc2)[nH]1. The molecule has 1 aromatic heterocycles. The van der Waals surface area contributed by atoms with Gasteiger partial charge in [0.05, 0.1) is 17.1 Å². The Morgan fingerprint density at radius 2 is 1.67 bits per heavy atom. The third-order valence-electron chi connectivity index (χ3n) is 3.67. The van der Waals surface area contributed by atoms with E-state index in [0.717, 1.165) is 22.5 Å². The highest BCUT2D eigenvalue weighted by atomic mass is 32.2. The van der Waals surface area contributed by atoms with Gasteiger partial charge in [-0.3, -0.25) is 15.6 Å². The van der Waals surface area contributed by atoms with Crippen molar-refractivity contribution in [3.63, 3.8) is 0 Å². The van der Waals surface area contributed by atoms with Crippen LogP contribution in [0.5, 0.6) is 0 Å². The van der Waals surface area contributed by atoms with E-state index >= 15 is 0 Å². The standard InChI is InChI=1S/C19H19N5OS2/c1-20-18(26)24-23-15(25)12-27-19-21-16(13-8-4-2-5-9-13)17(22-19)14-10-6-3-7-11-14/h2-11H,12H2,1H3,(H,21,22)(H,23,25)(H2,20,24,26). The van der Waals surface area contributed by atoms with Crippen molar-refractivity contribution in [2.24, 2.45) is 0 Å². The van der Waals surface area contributed by atoms with Crippen LogP contribution in [-0.2, 0) is 4.79 Å². The summed E-state index contributed by atoms with van der Waals surface area (Å²) in [5.41, 5.74) is 9.00. The van der Waals surface area contributed by atoms with E-state index in [0.29, 0.717) is 10.3 Å². The second-order valence-corrected chi connectivity index (χ2v) is 6.91. The Kier molecular flexibility index (Phi) is 6.45. The molecule has 4 N–H and O–H groups in total. The molecule has 138 valence electrons. The first-order valence-corrected chi connectivity index (χ1v) is 9.67. The maximum atomic E-state index is 11.9. The number of hydrogen-bond donors (Lipinski definition) is 4. The molecule has 27 heavy (non-hydrogen) atoms. The number of carbonyl (C=O) groups is 1. The van der Waals surface area contributed by atoms with Crippen LogP contribution in [0.15, 0.2) is 65.8 Å². The van der Waals surface area contributed by atoms with Gasteiger partial charge in [-0.2, -0.15) is 0 Å². The lowest BCUT2D eigenvalue weighted by Crippen LogP contribution is -2.46. The van der Waals surface area contributed by atoms with Crippen molar-refractivity contribution in [1.82, 2.24) is 26.1 Å². The number of hydrogen-bond acceptors (Lipinski definition) is 4. The number of benzene rings is 2. The van der Waals surface area contributed by atoms with E-state index in [1.165, 1.54) is 11.8 Å². The number of rotatable bonds is 5. The zero-order valence-corrected chi connectivity index (χ0v) is 16.3. The van der Waals surface area contributed by atoms with Gasteiger partial charge >= 0.3 is 0 Å². The van der Waals surface area contributed by atoms with E-state index < -0.39 is 0 Å². The first-order chi connectivity index (χ1) is 13.2. The van der Waals surface area contributed by atoms with Gasteiger partial charge in [0.15, 0.2) is 10.3 Å². The normalized spacial score (nSPS) is 10.3. The minimum Gasteiger partial charge on any atom is -0.364 e. The number of aromatic nitrogens is 2. The van der Waals surface area contributed by atoms with Crippen molar-refractivity contribution in [2.75, 3.05) is 12.8 Å². The lowest BCUT2D eigenvalue weighted by atomic mass is 10.1. The Labute approximate surface area is 167 Å². The molecule has 0 fully saturated rings. The molecule has 2 aromatic carbocycles. The summed E-state index contributed by atoms with van der Waals surface area (Å²) in [4.78, 5) is 20.0. The molecule has 3 rings (SSSR count). The number of hydrazine groups is 1. The number of carbonyl (C=O) groups excluding carboxylic acids is 1. The lowest BCUT2D eigenvalue weighted by molar-refractivity contribution is -0.119. The quantitative estimate of drug-likeness (QED) is 0.301. The van der Waals surface area contributed by atoms with Gasteiger partial charge in [0.1, 0.15) is 0 Å². The van der Waals surface area contributed by atoms with Crippen LogP contribution in [0.1, 0.15) is 0 Å². The molecule has 0 aliphatic heterocycles. The van der Waals surface area contributed by atoms with Crippen molar-refractivity contribution in [2.45, 2.75) is 5.16 Å². The molecule has 6 nitrogen and oxygen atoms in total. The van der Waals surface area contributed by atoms with E-state index in [2.05, 4.69) is 21.2 Å². The van der Waals surface area contributed by atoms with Crippen LogP contribution in [-0.4, -0.2) is 33.8 Å². The maximum Gasteiger partial charge on any atom is 0.248 e. The van der Waals surface area contributed by atoms with Crippen molar-refractivity contribution in [3.8, 4) is 22.5 Å². The van der Waals surface area contributed by atoms with Gasteiger partial charge in [-0.15, -0.1) is 0 Å². The summed E-state index contributed by atoms with van der Waals surface area (Å²) in [6, 6.07) is 20.0. The van der Waals surface area contributed by atoms with Gasteiger partial charge in [0.2, 0.25) is 5.91 Å². The molecule has 0 saturated heterocycles. The van der Waals surface area contributed by atoms with Gasteiger partial charge in [0.25, 0.3) is 0 Å². The summed E-state index contributed by atoms with van der Waals surface area (Å²) in [6.45, 7) is 0. The van der Waals surface area contributed by atoms with Gasteiger partial charge in [0, 0.05) is 18.2 Å². The average Bonchev–Trinajstić information content (AvgIpc) is 3.16. The summed E-state index contributed by atoms with van der Waals surface area (Å²) in [5.74, 6) is 0.00601. The highest BCUT2D eigenvalue weighted by molar-refractivity contribution is 7.99. The second-order valence-electron chi connectivity index (χ2n) is 5.54. The third-order valence-corrected chi connectivity index (χ3v) is 4.85. The largest absolute Gasteiger partial charge is 0.364 e. The van der Waals surface area contributed by atoms with E-state index in [9.17, 15) is 4.79 Å². The molecule has 3 aromatic rings. The molecule has 0 bridgehead atoms. The number of amides is 1. The first kappa shape index (κ1) is 18.9. The number of nitrogens with zero attached hydrogens (tertiary/aromatic N) is 1. The first-order valence-electron chi connectivity index (χ1n) is 8.27. The molecule has 0 spiro atoms. The number of thioether (sulfide) groups is 1. The Morgan fingerprint density at radius 3 is 2.30 bits per heavy atom. The van der Waals surface area contributed by atoms with Gasteiger partial charge in [-0.1, -0.05) is 72.4 Å². The van der Waals surface area contributed by atoms with Gasteiger partial charge in [-0.05, 0) is 12.2 Å². The highest BCUT2D eigenvalue weighted by Gasteiger charge is 2.15. The predicted molar refractivity (Wildman–Crippen MR) is 113 cm³/mol. The topological polar surface area (TPSA) is 81.8 Å². The number of nitrogens with one attached hydrogen (secondary N) is 4. The van der Waals surface area contributed by atoms with Crippen LogP contribution >= 0.6 is 24.0 Å². The summed E-state index contributed by atoms with van der Waals surface area (Å²) in [6.07, 6.45) is 0. The molecule has 1 heterocycles. The molecule has 0 aliphatic rings. The van der Waals surface area contributed by atoms with Crippen molar-refractivity contribution in [1.29, 1.82) is 0 Å². The Bertz CT molecular complexity index is 855. The maximum absolute atomic E-state index is 11.9. The van der Waals surface area contributed by atoms with Crippen LogP contribution in [0.25, 0.3) is 22.5 Å². The molecule has 0 aliphatic carbocycles. The highest BCUT2D eigenvalue weighted by Crippen LogP contribution is 2.32. The second kappa shape index (κ2) is 9.20. The van der Waals surface area contributed by atoms with Crippen LogP contribution in [0.4, 0.5) is 0 Å². The zero-order valence-electron chi connectivity index (χ0n) is 14.7. The van der Waals surface area contributed by atoms with Crippen LogP contribution < -0.4 is 16.2 Å². The van der Waals surface area contributed by atoms with E-state index in [1.54, 1.807) is 7.05 Å². The molecule has 0 radical (unpaired) electrons. The Balaban J connectivity index is 1.78. The molecular weight excluding hydrogens is 378 g/mol. The van der Waals surface area contributed by atoms with Crippen molar-refractivity contribution < 1.29 is 4.79 Å². The minimum absolute atomic E-state index is 0.198. The molecular formula is C19H19N5OS2. The number of thiocarbonyl (C=S) groups is 1. The fourth-order valence-corrected chi connectivity index (χ4v) is 3.12. The molecule has 8 heteroatoms. The minimum atomic E-state index is -0.198. The van der Waals surface area contributed by atoms with E-state index in [-0.39, 0.29) is 11.7 Å². The van der Waals surface area contributed by atoms with E-state index in [1.807, 2.05) is 60.7 Å². The van der Waals surface area contributed by atoms with Crippen LogP contribution in [0.2, 0.25) is 0 Å². The fraction of sp³-hybridized carbons (Fsp3) is 0.105. The smallest absolute Gasteiger partial charge is 0.248 e. The predicted octanol–water partition coefficient (Wildman–Crippen LogP) is 2.96. The molecule has 0 unspecified atom stereocenters. The summed E-state index contributed by atoms with van der Waals surface area (Å²) < 4.78 is 0.